The van der Waals surface area contributed by atoms with Crippen molar-refractivity contribution < 1.29 is 4.39 Å². The van der Waals surface area contributed by atoms with Gasteiger partial charge < -0.3 is 0 Å². The largest absolute Gasteiger partial charge is 0.205 e. The van der Waals surface area contributed by atoms with Gasteiger partial charge in [0.15, 0.2) is 0 Å². The molecule has 3 heteroatoms. The Morgan fingerprint density at radius 1 is 0.900 bits per heavy atom. The lowest BCUT2D eigenvalue weighted by Crippen LogP contribution is -1.95. The summed E-state index contributed by atoms with van der Waals surface area (Å²) in [5.74, 6) is -0.433. The van der Waals surface area contributed by atoms with Crippen LogP contribution in [0, 0.1) is 5.82 Å². The summed E-state index contributed by atoms with van der Waals surface area (Å²) in [6, 6.07) is 18.6. The van der Waals surface area contributed by atoms with Gasteiger partial charge in [0, 0.05) is 0 Å². The lowest BCUT2D eigenvalue weighted by molar-refractivity contribution is 0.627. The zero-order chi connectivity index (χ0) is 14.1. The van der Waals surface area contributed by atoms with Crippen molar-refractivity contribution in [1.29, 1.82) is 0 Å². The van der Waals surface area contributed by atoms with Gasteiger partial charge in [-0.05, 0) is 34.0 Å². The standard InChI is InChI=1S/C17H11Cl2F/c18-15-10-12(8-9-16(15)20)17(19)14-7-3-5-11-4-1-2-6-13(11)14/h1-10,17H. The van der Waals surface area contributed by atoms with E-state index < -0.39 is 5.82 Å². The maximum atomic E-state index is 13.2. The lowest BCUT2D eigenvalue weighted by atomic mass is 9.98. The first-order valence-electron chi connectivity index (χ1n) is 6.23. The molecule has 0 N–H and O–H groups in total. The fraction of sp³-hybridized carbons (Fsp3) is 0.0588. The van der Waals surface area contributed by atoms with Gasteiger partial charge in [-0.1, -0.05) is 60.1 Å². The SMILES string of the molecule is Fc1ccc(C(Cl)c2cccc3ccccc23)cc1Cl. The molecular formula is C17H11Cl2F. The minimum absolute atomic E-state index is 0.0911. The molecule has 0 aromatic heterocycles. The van der Waals surface area contributed by atoms with E-state index in [0.717, 1.165) is 21.9 Å². The third-order valence-corrected chi connectivity index (χ3v) is 4.11. The van der Waals surface area contributed by atoms with Crippen LogP contribution in [0.25, 0.3) is 10.8 Å². The predicted octanol–water partition coefficient (Wildman–Crippen LogP) is 5.96. The molecule has 100 valence electrons. The summed E-state index contributed by atoms with van der Waals surface area (Å²) in [7, 11) is 0. The van der Waals surface area contributed by atoms with E-state index in [4.69, 9.17) is 23.2 Å². The molecule has 0 nitrogen and oxygen atoms in total. The summed E-state index contributed by atoms with van der Waals surface area (Å²) >= 11 is 12.4. The fourth-order valence-electron chi connectivity index (χ4n) is 2.32. The molecule has 3 aromatic rings. The van der Waals surface area contributed by atoms with Crippen LogP contribution in [0.3, 0.4) is 0 Å². The summed E-state index contributed by atoms with van der Waals surface area (Å²) < 4.78 is 13.2. The van der Waals surface area contributed by atoms with E-state index in [0.29, 0.717) is 0 Å². The Morgan fingerprint density at radius 2 is 1.65 bits per heavy atom. The van der Waals surface area contributed by atoms with Crippen molar-refractivity contribution in [3.63, 3.8) is 0 Å². The molecule has 0 heterocycles. The molecule has 1 atom stereocenters. The fourth-order valence-corrected chi connectivity index (χ4v) is 2.84. The van der Waals surface area contributed by atoms with Gasteiger partial charge in [-0.2, -0.15) is 0 Å². The van der Waals surface area contributed by atoms with Crippen LogP contribution in [0.5, 0.6) is 0 Å². The molecule has 0 aliphatic carbocycles. The first kappa shape index (κ1) is 13.4. The molecular weight excluding hydrogens is 294 g/mol. The molecule has 3 rings (SSSR count). The van der Waals surface area contributed by atoms with E-state index in [2.05, 4.69) is 0 Å². The molecule has 0 aliphatic rings. The van der Waals surface area contributed by atoms with E-state index in [-0.39, 0.29) is 10.4 Å². The third-order valence-electron chi connectivity index (χ3n) is 3.33. The minimum Gasteiger partial charge on any atom is -0.205 e. The number of hydrogen-bond donors (Lipinski definition) is 0. The van der Waals surface area contributed by atoms with Gasteiger partial charge in [-0.3, -0.25) is 0 Å². The van der Waals surface area contributed by atoms with Crippen LogP contribution in [-0.2, 0) is 0 Å². The predicted molar refractivity (Wildman–Crippen MR) is 83.1 cm³/mol. The summed E-state index contributed by atoms with van der Waals surface area (Å²) in [5, 5.41) is 1.95. The summed E-state index contributed by atoms with van der Waals surface area (Å²) in [5.41, 5.74) is 1.78. The van der Waals surface area contributed by atoms with Crippen LogP contribution in [0.2, 0.25) is 5.02 Å². The summed E-state index contributed by atoms with van der Waals surface area (Å²) in [6.45, 7) is 0. The van der Waals surface area contributed by atoms with Gasteiger partial charge in [0.2, 0.25) is 0 Å². The third kappa shape index (κ3) is 2.39. The van der Waals surface area contributed by atoms with Gasteiger partial charge in [-0.15, -0.1) is 11.6 Å². The number of alkyl halides is 1. The Bertz CT molecular complexity index is 763. The summed E-state index contributed by atoms with van der Waals surface area (Å²) in [4.78, 5) is 0. The van der Waals surface area contributed by atoms with Gasteiger partial charge in [0.25, 0.3) is 0 Å². The Kier molecular flexibility index (Phi) is 3.64. The molecule has 0 spiro atoms. The second-order valence-electron chi connectivity index (χ2n) is 4.60. The smallest absolute Gasteiger partial charge is 0.141 e. The van der Waals surface area contributed by atoms with Crippen LogP contribution < -0.4 is 0 Å². The van der Waals surface area contributed by atoms with Gasteiger partial charge >= 0.3 is 0 Å². The highest BCUT2D eigenvalue weighted by Crippen LogP contribution is 2.35. The van der Waals surface area contributed by atoms with Gasteiger partial charge in [0.05, 0.1) is 10.4 Å². The molecule has 0 bridgehead atoms. The van der Waals surface area contributed by atoms with E-state index in [9.17, 15) is 4.39 Å². The molecule has 0 fully saturated rings. The zero-order valence-electron chi connectivity index (χ0n) is 10.5. The maximum absolute atomic E-state index is 13.2. The molecule has 3 aromatic carbocycles. The van der Waals surface area contributed by atoms with Crippen LogP contribution in [-0.4, -0.2) is 0 Å². The van der Waals surface area contributed by atoms with Crippen molar-refractivity contribution in [3.8, 4) is 0 Å². The van der Waals surface area contributed by atoms with Crippen molar-refractivity contribution in [2.24, 2.45) is 0 Å². The average molecular weight is 305 g/mol. The number of rotatable bonds is 2. The van der Waals surface area contributed by atoms with E-state index in [1.54, 1.807) is 12.1 Å². The Balaban J connectivity index is 2.12. The normalized spacial score (nSPS) is 12.6. The Morgan fingerprint density at radius 3 is 2.45 bits per heavy atom. The summed E-state index contributed by atoms with van der Waals surface area (Å²) in [6.07, 6.45) is 0. The second kappa shape index (κ2) is 5.43. The highest BCUT2D eigenvalue weighted by atomic mass is 35.5. The first-order chi connectivity index (χ1) is 9.66. The van der Waals surface area contributed by atoms with E-state index in [1.165, 1.54) is 6.07 Å². The minimum atomic E-state index is -0.433. The average Bonchev–Trinajstić information content (AvgIpc) is 2.49. The zero-order valence-corrected chi connectivity index (χ0v) is 12.0. The monoisotopic (exact) mass is 304 g/mol. The van der Waals surface area contributed by atoms with Crippen LogP contribution in [0.4, 0.5) is 4.39 Å². The number of hydrogen-bond acceptors (Lipinski definition) is 0. The first-order valence-corrected chi connectivity index (χ1v) is 7.05. The van der Waals surface area contributed by atoms with Crippen LogP contribution in [0.15, 0.2) is 60.7 Å². The highest BCUT2D eigenvalue weighted by molar-refractivity contribution is 6.31. The number of benzene rings is 3. The lowest BCUT2D eigenvalue weighted by Gasteiger charge is -2.14. The highest BCUT2D eigenvalue weighted by Gasteiger charge is 2.15. The van der Waals surface area contributed by atoms with Crippen molar-refractivity contribution >= 4 is 34.0 Å². The van der Waals surface area contributed by atoms with Gasteiger partial charge in [0.1, 0.15) is 5.82 Å². The molecule has 1 unspecified atom stereocenters. The second-order valence-corrected chi connectivity index (χ2v) is 5.45. The number of fused-ring (bicyclic) bond motifs is 1. The van der Waals surface area contributed by atoms with Crippen molar-refractivity contribution in [2.45, 2.75) is 5.38 Å². The molecule has 0 saturated carbocycles. The van der Waals surface area contributed by atoms with Crippen LogP contribution >= 0.6 is 23.2 Å². The van der Waals surface area contributed by atoms with Gasteiger partial charge in [-0.25, -0.2) is 4.39 Å². The molecule has 0 aliphatic heterocycles. The Hall–Kier alpha value is -1.57. The Labute approximate surface area is 126 Å². The molecule has 0 saturated heterocycles. The molecule has 0 amide bonds. The maximum Gasteiger partial charge on any atom is 0.141 e. The van der Waals surface area contributed by atoms with Crippen molar-refractivity contribution in [1.82, 2.24) is 0 Å². The van der Waals surface area contributed by atoms with E-state index in [1.807, 2.05) is 42.5 Å². The molecule has 0 radical (unpaired) electrons. The van der Waals surface area contributed by atoms with Crippen molar-refractivity contribution in [3.05, 3.63) is 82.6 Å². The van der Waals surface area contributed by atoms with Crippen LogP contribution in [0.1, 0.15) is 16.5 Å². The number of halogens is 3. The molecule has 20 heavy (non-hydrogen) atoms. The quantitative estimate of drug-likeness (QED) is 0.512. The topological polar surface area (TPSA) is 0 Å². The van der Waals surface area contributed by atoms with Crippen molar-refractivity contribution in [2.75, 3.05) is 0 Å². The van der Waals surface area contributed by atoms with E-state index >= 15 is 0 Å².